The van der Waals surface area contributed by atoms with Gasteiger partial charge in [0.05, 0.1) is 0 Å². The van der Waals surface area contributed by atoms with E-state index in [4.69, 9.17) is 0 Å². The largest absolute Gasteiger partial charge is 0.356 e. The van der Waals surface area contributed by atoms with Crippen LogP contribution in [0.5, 0.6) is 0 Å². The number of carbonyl (C=O) groups is 1. The molecule has 88 valence electrons. The van der Waals surface area contributed by atoms with Gasteiger partial charge in [0, 0.05) is 19.0 Å². The van der Waals surface area contributed by atoms with Crippen LogP contribution in [0, 0.1) is 5.41 Å². The molecule has 0 aliphatic carbocycles. The van der Waals surface area contributed by atoms with Crippen LogP contribution in [0.15, 0.2) is 0 Å². The van der Waals surface area contributed by atoms with Crippen molar-refractivity contribution in [1.29, 1.82) is 0 Å². The molecule has 2 saturated heterocycles. The lowest BCUT2D eigenvalue weighted by atomic mass is 9.75. The molecule has 0 aromatic heterocycles. The third-order valence-electron chi connectivity index (χ3n) is 3.67. The predicted molar refractivity (Wildman–Crippen MR) is 62.7 cm³/mol. The Morgan fingerprint density at radius 2 is 2.13 bits per heavy atom. The Bertz CT molecular complexity index is 230. The molecule has 2 unspecified atom stereocenters. The highest BCUT2D eigenvalue weighted by atomic mass is 16.1. The van der Waals surface area contributed by atoms with E-state index in [0.29, 0.717) is 11.5 Å². The summed E-state index contributed by atoms with van der Waals surface area (Å²) in [6.07, 6.45) is 3.10. The SMILES string of the molecule is CC.CC1CC2(CCN1C)CNC(=O)C2. The molecule has 3 nitrogen and oxygen atoms in total. The van der Waals surface area contributed by atoms with Gasteiger partial charge in [0.2, 0.25) is 5.91 Å². The van der Waals surface area contributed by atoms with Gasteiger partial charge in [-0.15, -0.1) is 0 Å². The van der Waals surface area contributed by atoms with Gasteiger partial charge in [0.15, 0.2) is 0 Å². The van der Waals surface area contributed by atoms with Crippen molar-refractivity contribution >= 4 is 5.91 Å². The van der Waals surface area contributed by atoms with Gasteiger partial charge in [0.25, 0.3) is 0 Å². The standard InChI is InChI=1S/C10H18N2O.C2H6/c1-8-5-10(3-4-12(8)2)6-9(13)11-7-10;1-2/h8H,3-7H2,1-2H3,(H,11,13);1-2H3. The Labute approximate surface area is 93.2 Å². The van der Waals surface area contributed by atoms with Crippen molar-refractivity contribution < 1.29 is 4.79 Å². The van der Waals surface area contributed by atoms with Gasteiger partial charge in [-0.3, -0.25) is 4.79 Å². The van der Waals surface area contributed by atoms with Gasteiger partial charge < -0.3 is 10.2 Å². The molecule has 1 spiro atoms. The van der Waals surface area contributed by atoms with Crippen LogP contribution in [0.4, 0.5) is 0 Å². The first kappa shape index (κ1) is 12.5. The number of piperidine rings is 1. The van der Waals surface area contributed by atoms with Crippen LogP contribution in [0.3, 0.4) is 0 Å². The lowest BCUT2D eigenvalue weighted by molar-refractivity contribution is -0.119. The first-order valence-corrected chi connectivity index (χ1v) is 6.08. The molecule has 2 atom stereocenters. The second kappa shape index (κ2) is 4.97. The smallest absolute Gasteiger partial charge is 0.220 e. The van der Waals surface area contributed by atoms with Gasteiger partial charge in [-0.05, 0) is 38.8 Å². The maximum absolute atomic E-state index is 11.2. The zero-order valence-electron chi connectivity index (χ0n) is 10.5. The summed E-state index contributed by atoms with van der Waals surface area (Å²) in [5.74, 6) is 0.247. The second-order valence-corrected chi connectivity index (χ2v) is 4.74. The summed E-state index contributed by atoms with van der Waals surface area (Å²) in [4.78, 5) is 13.6. The van der Waals surface area contributed by atoms with Crippen molar-refractivity contribution in [1.82, 2.24) is 10.2 Å². The number of likely N-dealkylation sites (tertiary alicyclic amines) is 1. The van der Waals surface area contributed by atoms with Crippen molar-refractivity contribution in [2.24, 2.45) is 5.41 Å². The Morgan fingerprint density at radius 3 is 2.60 bits per heavy atom. The van der Waals surface area contributed by atoms with E-state index in [9.17, 15) is 4.79 Å². The zero-order valence-corrected chi connectivity index (χ0v) is 10.5. The van der Waals surface area contributed by atoms with E-state index in [2.05, 4.69) is 24.2 Å². The third kappa shape index (κ3) is 2.71. The monoisotopic (exact) mass is 212 g/mol. The minimum atomic E-state index is 0.247. The van der Waals surface area contributed by atoms with Crippen molar-refractivity contribution in [2.45, 2.75) is 46.1 Å². The molecule has 2 rings (SSSR count). The van der Waals surface area contributed by atoms with E-state index in [-0.39, 0.29) is 5.91 Å². The number of rotatable bonds is 0. The maximum Gasteiger partial charge on any atom is 0.220 e. The molecule has 3 heteroatoms. The van der Waals surface area contributed by atoms with E-state index in [1.54, 1.807) is 0 Å². The highest BCUT2D eigenvalue weighted by molar-refractivity contribution is 5.79. The summed E-state index contributed by atoms with van der Waals surface area (Å²) in [6.45, 7) is 8.30. The van der Waals surface area contributed by atoms with Gasteiger partial charge in [-0.25, -0.2) is 0 Å². The van der Waals surface area contributed by atoms with E-state index >= 15 is 0 Å². The second-order valence-electron chi connectivity index (χ2n) is 4.74. The molecule has 2 fully saturated rings. The molecular formula is C12H24N2O. The fraction of sp³-hybridized carbons (Fsp3) is 0.917. The minimum absolute atomic E-state index is 0.247. The van der Waals surface area contributed by atoms with Crippen LogP contribution in [0.1, 0.15) is 40.0 Å². The molecule has 0 radical (unpaired) electrons. The number of amides is 1. The predicted octanol–water partition coefficient (Wildman–Crippen LogP) is 1.63. The molecule has 15 heavy (non-hydrogen) atoms. The number of carbonyl (C=O) groups excluding carboxylic acids is 1. The topological polar surface area (TPSA) is 32.3 Å². The molecule has 1 N–H and O–H groups in total. The van der Waals surface area contributed by atoms with Crippen LogP contribution >= 0.6 is 0 Å². The van der Waals surface area contributed by atoms with Crippen LogP contribution in [0.2, 0.25) is 0 Å². The summed E-state index contributed by atoms with van der Waals surface area (Å²) < 4.78 is 0. The summed E-state index contributed by atoms with van der Waals surface area (Å²) in [5, 5.41) is 2.96. The van der Waals surface area contributed by atoms with Gasteiger partial charge in [0.1, 0.15) is 0 Å². The van der Waals surface area contributed by atoms with Crippen molar-refractivity contribution in [3.8, 4) is 0 Å². The van der Waals surface area contributed by atoms with Crippen LogP contribution in [0.25, 0.3) is 0 Å². The van der Waals surface area contributed by atoms with Crippen molar-refractivity contribution in [3.63, 3.8) is 0 Å². The summed E-state index contributed by atoms with van der Waals surface area (Å²) in [7, 11) is 2.17. The molecule has 0 saturated carbocycles. The average Bonchev–Trinajstić information content (AvgIpc) is 2.58. The number of hydrogen-bond acceptors (Lipinski definition) is 2. The van der Waals surface area contributed by atoms with Gasteiger partial charge >= 0.3 is 0 Å². The lowest BCUT2D eigenvalue weighted by Gasteiger charge is -2.41. The van der Waals surface area contributed by atoms with E-state index < -0.39 is 0 Å². The minimum Gasteiger partial charge on any atom is -0.356 e. The fourth-order valence-electron chi connectivity index (χ4n) is 2.59. The number of nitrogens with zero attached hydrogens (tertiary/aromatic N) is 1. The number of hydrogen-bond donors (Lipinski definition) is 1. The summed E-state index contributed by atoms with van der Waals surface area (Å²) in [6, 6.07) is 0.626. The Morgan fingerprint density at radius 1 is 1.47 bits per heavy atom. The van der Waals surface area contributed by atoms with Gasteiger partial charge in [-0.1, -0.05) is 13.8 Å². The Kier molecular flexibility index (Phi) is 4.14. The van der Waals surface area contributed by atoms with Crippen LogP contribution < -0.4 is 5.32 Å². The van der Waals surface area contributed by atoms with Crippen molar-refractivity contribution in [2.75, 3.05) is 20.1 Å². The third-order valence-corrected chi connectivity index (χ3v) is 3.67. The number of nitrogens with one attached hydrogen (secondary N) is 1. The Hall–Kier alpha value is -0.570. The fourth-order valence-corrected chi connectivity index (χ4v) is 2.59. The summed E-state index contributed by atoms with van der Waals surface area (Å²) >= 11 is 0. The molecule has 2 aliphatic rings. The van der Waals surface area contributed by atoms with Crippen molar-refractivity contribution in [3.05, 3.63) is 0 Å². The first-order chi connectivity index (χ1) is 7.11. The highest BCUT2D eigenvalue weighted by Gasteiger charge is 2.42. The van der Waals surface area contributed by atoms with E-state index in [1.165, 1.54) is 12.8 Å². The average molecular weight is 212 g/mol. The normalized spacial score (nSPS) is 36.0. The molecule has 0 aromatic rings. The molecule has 2 heterocycles. The first-order valence-electron chi connectivity index (χ1n) is 6.08. The molecule has 1 amide bonds. The van der Waals surface area contributed by atoms with Crippen LogP contribution in [-0.4, -0.2) is 37.0 Å². The summed E-state index contributed by atoms with van der Waals surface area (Å²) in [5.41, 5.74) is 0.295. The molecule has 2 aliphatic heterocycles. The highest BCUT2D eigenvalue weighted by Crippen LogP contribution is 2.39. The Balaban J connectivity index is 0.000000531. The molecule has 0 bridgehead atoms. The van der Waals surface area contributed by atoms with E-state index in [0.717, 1.165) is 19.5 Å². The quantitative estimate of drug-likeness (QED) is 0.662. The molecule has 0 aromatic carbocycles. The van der Waals surface area contributed by atoms with Gasteiger partial charge in [-0.2, -0.15) is 0 Å². The maximum atomic E-state index is 11.2. The lowest BCUT2D eigenvalue weighted by Crippen LogP contribution is -2.44. The molecular weight excluding hydrogens is 188 g/mol. The van der Waals surface area contributed by atoms with Crippen LogP contribution in [-0.2, 0) is 4.79 Å². The van der Waals surface area contributed by atoms with E-state index in [1.807, 2.05) is 13.8 Å². The zero-order chi connectivity index (χ0) is 11.5.